The summed E-state index contributed by atoms with van der Waals surface area (Å²) in [6.45, 7) is 3.31. The molecule has 0 spiro atoms. The lowest BCUT2D eigenvalue weighted by atomic mass is 10.1. The summed E-state index contributed by atoms with van der Waals surface area (Å²) in [6.07, 6.45) is 0. The molecule has 3 heterocycles. The minimum Gasteiger partial charge on any atom is -0.330 e. The van der Waals surface area contributed by atoms with Gasteiger partial charge in [-0.15, -0.1) is 11.3 Å². The molecule has 5 rings (SSSR count). The van der Waals surface area contributed by atoms with E-state index in [0.29, 0.717) is 18.7 Å². The third-order valence-corrected chi connectivity index (χ3v) is 6.33. The number of hydrogen-bond donors (Lipinski definition) is 0. The van der Waals surface area contributed by atoms with Crippen LogP contribution in [0.25, 0.3) is 22.5 Å². The van der Waals surface area contributed by atoms with Crippen molar-refractivity contribution in [1.82, 2.24) is 19.7 Å². The van der Waals surface area contributed by atoms with Crippen LogP contribution in [0.2, 0.25) is 0 Å². The van der Waals surface area contributed by atoms with Crippen molar-refractivity contribution in [3.05, 3.63) is 81.8 Å². The minimum atomic E-state index is 0.0143. The van der Waals surface area contributed by atoms with Crippen LogP contribution >= 0.6 is 11.3 Å². The Morgan fingerprint density at radius 3 is 2.68 bits per heavy atom. The second-order valence-corrected chi connectivity index (χ2v) is 8.77. The zero-order chi connectivity index (χ0) is 21.4. The lowest BCUT2D eigenvalue weighted by molar-refractivity contribution is -0.132. The van der Waals surface area contributed by atoms with Crippen molar-refractivity contribution in [1.29, 1.82) is 5.26 Å². The van der Waals surface area contributed by atoms with Gasteiger partial charge in [-0.3, -0.25) is 9.48 Å². The summed E-state index contributed by atoms with van der Waals surface area (Å²) in [5.41, 5.74) is 5.04. The predicted molar refractivity (Wildman–Crippen MR) is 119 cm³/mol. The third kappa shape index (κ3) is 3.74. The number of nitrogens with zero attached hydrogens (tertiary/aromatic N) is 5. The van der Waals surface area contributed by atoms with Gasteiger partial charge < -0.3 is 4.90 Å². The summed E-state index contributed by atoms with van der Waals surface area (Å²) >= 11 is 1.66. The Hall–Kier alpha value is -3.76. The van der Waals surface area contributed by atoms with E-state index in [2.05, 4.69) is 11.1 Å². The van der Waals surface area contributed by atoms with Crippen molar-refractivity contribution in [2.45, 2.75) is 26.6 Å². The maximum absolute atomic E-state index is 13.1. The molecule has 0 bridgehead atoms. The number of carbonyl (C=O) groups is 1. The van der Waals surface area contributed by atoms with Gasteiger partial charge in [0.15, 0.2) is 0 Å². The molecule has 0 N–H and O–H groups in total. The number of rotatable bonds is 4. The topological polar surface area (TPSA) is 74.8 Å². The van der Waals surface area contributed by atoms with Crippen molar-refractivity contribution in [2.24, 2.45) is 0 Å². The Balaban J connectivity index is 1.47. The van der Waals surface area contributed by atoms with Gasteiger partial charge in [0, 0.05) is 10.4 Å². The maximum atomic E-state index is 13.1. The average molecular weight is 426 g/mol. The first-order valence-electron chi connectivity index (χ1n) is 9.97. The average Bonchev–Trinajstić information content (AvgIpc) is 3.47. The monoisotopic (exact) mass is 425 g/mol. The van der Waals surface area contributed by atoms with Crippen LogP contribution in [0.3, 0.4) is 0 Å². The highest BCUT2D eigenvalue weighted by molar-refractivity contribution is 7.11. The van der Waals surface area contributed by atoms with E-state index in [-0.39, 0.29) is 12.5 Å². The zero-order valence-electron chi connectivity index (χ0n) is 16.9. The Morgan fingerprint density at radius 2 is 1.90 bits per heavy atom. The normalized spacial score (nSPS) is 12.6. The Kier molecular flexibility index (Phi) is 4.85. The van der Waals surface area contributed by atoms with Gasteiger partial charge in [-0.25, -0.2) is 4.98 Å². The smallest absolute Gasteiger partial charge is 0.245 e. The molecule has 0 unspecified atom stereocenters. The Labute approximate surface area is 184 Å². The predicted octanol–water partition coefficient (Wildman–Crippen LogP) is 4.40. The summed E-state index contributed by atoms with van der Waals surface area (Å²) in [4.78, 5) is 20.6. The molecular weight excluding hydrogens is 406 g/mol. The van der Waals surface area contributed by atoms with Crippen LogP contribution in [0.15, 0.2) is 60.7 Å². The minimum absolute atomic E-state index is 0.0143. The van der Waals surface area contributed by atoms with Gasteiger partial charge in [0.05, 0.1) is 46.8 Å². The molecule has 1 aliphatic heterocycles. The van der Waals surface area contributed by atoms with Gasteiger partial charge >= 0.3 is 0 Å². The Morgan fingerprint density at radius 1 is 1.10 bits per heavy atom. The molecule has 0 saturated heterocycles. The van der Waals surface area contributed by atoms with Crippen LogP contribution in [-0.2, 0) is 24.4 Å². The molecule has 2 aromatic heterocycles. The molecular formula is C24H19N5OS. The maximum Gasteiger partial charge on any atom is 0.245 e. The molecule has 6 nitrogen and oxygen atoms in total. The molecule has 0 saturated carbocycles. The first-order valence-corrected chi connectivity index (χ1v) is 10.8. The lowest BCUT2D eigenvalue weighted by Gasteiger charge is -2.16. The summed E-state index contributed by atoms with van der Waals surface area (Å²) < 4.78 is 1.76. The van der Waals surface area contributed by atoms with Gasteiger partial charge in [0.2, 0.25) is 5.91 Å². The molecule has 2 aromatic carbocycles. The number of benzene rings is 2. The molecule has 7 heteroatoms. The molecule has 0 fully saturated rings. The van der Waals surface area contributed by atoms with Crippen molar-refractivity contribution >= 4 is 17.2 Å². The molecule has 0 aliphatic carbocycles. The van der Waals surface area contributed by atoms with E-state index in [1.165, 1.54) is 4.88 Å². The largest absolute Gasteiger partial charge is 0.330 e. The van der Waals surface area contributed by atoms with E-state index >= 15 is 0 Å². The molecule has 152 valence electrons. The first-order chi connectivity index (χ1) is 15.1. The van der Waals surface area contributed by atoms with Crippen LogP contribution < -0.4 is 0 Å². The van der Waals surface area contributed by atoms with E-state index in [1.807, 2.05) is 66.4 Å². The van der Waals surface area contributed by atoms with Crippen LogP contribution in [0.5, 0.6) is 0 Å². The van der Waals surface area contributed by atoms with Crippen molar-refractivity contribution in [3.63, 3.8) is 0 Å². The van der Waals surface area contributed by atoms with Gasteiger partial charge in [-0.05, 0) is 30.7 Å². The number of carbonyl (C=O) groups excluding carboxylic acids is 1. The number of aromatic nitrogens is 3. The molecule has 0 atom stereocenters. The quantitative estimate of drug-likeness (QED) is 0.486. The van der Waals surface area contributed by atoms with Crippen molar-refractivity contribution < 1.29 is 4.79 Å². The van der Waals surface area contributed by atoms with E-state index in [1.54, 1.807) is 22.1 Å². The van der Waals surface area contributed by atoms with Crippen molar-refractivity contribution in [2.75, 3.05) is 0 Å². The fourth-order valence-corrected chi connectivity index (χ4v) is 4.80. The molecule has 1 aliphatic rings. The number of nitriles is 1. The van der Waals surface area contributed by atoms with Crippen LogP contribution in [0.1, 0.15) is 21.1 Å². The van der Waals surface area contributed by atoms with E-state index in [4.69, 9.17) is 5.10 Å². The van der Waals surface area contributed by atoms with Crippen LogP contribution in [0, 0.1) is 18.3 Å². The van der Waals surface area contributed by atoms with E-state index in [0.717, 1.165) is 33.2 Å². The van der Waals surface area contributed by atoms with Gasteiger partial charge in [-0.2, -0.15) is 10.4 Å². The van der Waals surface area contributed by atoms with Gasteiger partial charge in [-0.1, -0.05) is 42.5 Å². The van der Waals surface area contributed by atoms with E-state index in [9.17, 15) is 10.1 Å². The fourth-order valence-electron chi connectivity index (χ4n) is 3.84. The Bertz CT molecular complexity index is 1290. The van der Waals surface area contributed by atoms with E-state index < -0.39 is 0 Å². The second-order valence-electron chi connectivity index (χ2n) is 7.48. The standard InChI is InChI=1S/C24H19N5OS/c1-16-26-21-13-28(14-23(21)31-16)24(30)15-29-22(18-7-3-2-4-8-18)11-20(27-29)19-9-5-6-17(10-19)12-25/h2-11H,13-15H2,1H3. The molecule has 1 amide bonds. The molecule has 31 heavy (non-hydrogen) atoms. The SMILES string of the molecule is Cc1nc2c(s1)CN(C(=O)Cn1nc(-c3cccc(C#N)c3)cc1-c1ccccc1)C2. The van der Waals surface area contributed by atoms with Gasteiger partial charge in [0.1, 0.15) is 6.54 Å². The highest BCUT2D eigenvalue weighted by Crippen LogP contribution is 2.30. The first kappa shape index (κ1) is 19.2. The molecule has 4 aromatic rings. The highest BCUT2D eigenvalue weighted by Gasteiger charge is 2.27. The third-order valence-electron chi connectivity index (χ3n) is 5.33. The molecule has 0 radical (unpaired) electrons. The number of hydrogen-bond acceptors (Lipinski definition) is 5. The number of aryl methyl sites for hydroxylation is 1. The summed E-state index contributed by atoms with van der Waals surface area (Å²) in [5, 5.41) is 15.0. The zero-order valence-corrected chi connectivity index (χ0v) is 17.8. The summed E-state index contributed by atoms with van der Waals surface area (Å²) in [7, 11) is 0. The van der Waals surface area contributed by atoms with Crippen LogP contribution in [-0.4, -0.2) is 25.6 Å². The van der Waals surface area contributed by atoms with Gasteiger partial charge in [0.25, 0.3) is 0 Å². The lowest BCUT2D eigenvalue weighted by Crippen LogP contribution is -2.30. The number of fused-ring (bicyclic) bond motifs is 1. The number of amides is 1. The summed E-state index contributed by atoms with van der Waals surface area (Å²) in [5.74, 6) is 0.0143. The highest BCUT2D eigenvalue weighted by atomic mass is 32.1. The fraction of sp³-hybridized carbons (Fsp3) is 0.167. The number of thiazole rings is 1. The second kappa shape index (κ2) is 7.82. The summed E-state index contributed by atoms with van der Waals surface area (Å²) in [6, 6.07) is 21.4. The van der Waals surface area contributed by atoms with Crippen molar-refractivity contribution in [3.8, 4) is 28.6 Å². The van der Waals surface area contributed by atoms with Crippen LogP contribution in [0.4, 0.5) is 0 Å².